The van der Waals surface area contributed by atoms with Gasteiger partial charge in [-0.2, -0.15) is 0 Å². The highest BCUT2D eigenvalue weighted by Crippen LogP contribution is 2.22. The molecule has 6 nitrogen and oxygen atoms in total. The zero-order valence-corrected chi connectivity index (χ0v) is 11.6. The van der Waals surface area contributed by atoms with Crippen molar-refractivity contribution in [1.29, 1.82) is 0 Å². The molecule has 1 rings (SSSR count). The Morgan fingerprint density at radius 3 is 2.83 bits per heavy atom. The first-order chi connectivity index (χ1) is 8.47. The third-order valence-corrected chi connectivity index (χ3v) is 2.69. The molecule has 0 atom stereocenters. The Hall–Kier alpha value is -1.63. The molecule has 1 heterocycles. The van der Waals surface area contributed by atoms with E-state index in [9.17, 15) is 4.79 Å². The molecule has 0 aliphatic rings. The molecule has 0 fully saturated rings. The van der Waals surface area contributed by atoms with Gasteiger partial charge in [-0.05, 0) is 13.8 Å². The Balaban J connectivity index is 3.09. The lowest BCUT2D eigenvalue weighted by molar-refractivity contribution is 0.404. The van der Waals surface area contributed by atoms with E-state index in [1.807, 2.05) is 18.7 Å². The number of rotatable bonds is 6. The van der Waals surface area contributed by atoms with Crippen LogP contribution in [0.1, 0.15) is 20.3 Å². The molecule has 0 amide bonds. The monoisotopic (exact) mass is 270 g/mol. The van der Waals surface area contributed by atoms with Crippen LogP contribution >= 0.6 is 12.2 Å². The first-order valence-corrected chi connectivity index (χ1v) is 6.04. The maximum Gasteiger partial charge on any atom is 0.295 e. The van der Waals surface area contributed by atoms with Crippen molar-refractivity contribution in [2.45, 2.75) is 26.3 Å². The lowest BCUT2D eigenvalue weighted by Gasteiger charge is -2.28. The van der Waals surface area contributed by atoms with Crippen molar-refractivity contribution in [2.75, 3.05) is 18.6 Å². The van der Waals surface area contributed by atoms with Crippen LogP contribution in [0.2, 0.25) is 0 Å². The molecule has 7 heteroatoms. The van der Waals surface area contributed by atoms with E-state index in [2.05, 4.69) is 9.97 Å². The van der Waals surface area contributed by atoms with Crippen LogP contribution in [-0.2, 0) is 0 Å². The van der Waals surface area contributed by atoms with Crippen LogP contribution in [0.25, 0.3) is 0 Å². The Labute approximate surface area is 111 Å². The quantitative estimate of drug-likeness (QED) is 0.739. The Kier molecular flexibility index (Phi) is 5.08. The normalized spacial score (nSPS) is 10.4. The molecule has 0 saturated heterocycles. The van der Waals surface area contributed by atoms with Gasteiger partial charge in [-0.3, -0.25) is 4.79 Å². The second-order valence-corrected chi connectivity index (χ2v) is 4.62. The topological polar surface area (TPSA) is 84.2 Å². The summed E-state index contributed by atoms with van der Waals surface area (Å²) in [5, 5.41) is 0. The second kappa shape index (κ2) is 6.34. The summed E-state index contributed by atoms with van der Waals surface area (Å²) in [5.74, 6) is 0.710. The van der Waals surface area contributed by atoms with Crippen LogP contribution in [0.5, 0.6) is 5.75 Å². The first-order valence-electron chi connectivity index (χ1n) is 5.64. The van der Waals surface area contributed by atoms with Gasteiger partial charge in [-0.25, -0.2) is 4.98 Å². The van der Waals surface area contributed by atoms with Crippen molar-refractivity contribution in [3.05, 3.63) is 16.7 Å². The van der Waals surface area contributed by atoms with Gasteiger partial charge in [0.1, 0.15) is 0 Å². The van der Waals surface area contributed by atoms with Crippen LogP contribution in [0.3, 0.4) is 0 Å². The number of anilines is 1. The average molecular weight is 270 g/mol. The Morgan fingerprint density at radius 2 is 2.33 bits per heavy atom. The number of methoxy groups -OCH3 is 1. The molecule has 0 radical (unpaired) electrons. The molecule has 0 aliphatic carbocycles. The van der Waals surface area contributed by atoms with Crippen molar-refractivity contribution in [3.8, 4) is 5.75 Å². The molecule has 1 aromatic rings. The smallest absolute Gasteiger partial charge is 0.295 e. The SMILES string of the molecule is COc1c(N(CCC(N)=S)C(C)C)nc[nH]c1=O. The van der Waals surface area contributed by atoms with Gasteiger partial charge >= 0.3 is 0 Å². The number of thiocarbonyl (C=S) groups is 1. The largest absolute Gasteiger partial charge is 0.489 e. The minimum Gasteiger partial charge on any atom is -0.489 e. The van der Waals surface area contributed by atoms with Crippen LogP contribution < -0.4 is 20.9 Å². The van der Waals surface area contributed by atoms with Crippen molar-refractivity contribution < 1.29 is 4.74 Å². The van der Waals surface area contributed by atoms with Crippen molar-refractivity contribution >= 4 is 23.0 Å². The molecule has 0 aromatic carbocycles. The summed E-state index contributed by atoms with van der Waals surface area (Å²) in [6.07, 6.45) is 1.92. The molecule has 100 valence electrons. The van der Waals surface area contributed by atoms with E-state index in [4.69, 9.17) is 22.7 Å². The fraction of sp³-hybridized carbons (Fsp3) is 0.545. The van der Waals surface area contributed by atoms with Gasteiger partial charge in [-0.1, -0.05) is 12.2 Å². The highest BCUT2D eigenvalue weighted by molar-refractivity contribution is 7.80. The maximum absolute atomic E-state index is 11.6. The van der Waals surface area contributed by atoms with E-state index < -0.39 is 0 Å². The van der Waals surface area contributed by atoms with E-state index >= 15 is 0 Å². The predicted molar refractivity (Wildman–Crippen MR) is 75.3 cm³/mol. The summed E-state index contributed by atoms with van der Waals surface area (Å²) in [4.78, 5) is 20.7. The summed E-state index contributed by atoms with van der Waals surface area (Å²) in [6.45, 7) is 4.60. The van der Waals surface area contributed by atoms with E-state index in [0.717, 1.165) is 0 Å². The lowest BCUT2D eigenvalue weighted by Crippen LogP contribution is -2.35. The van der Waals surface area contributed by atoms with Crippen molar-refractivity contribution in [2.24, 2.45) is 5.73 Å². The number of hydrogen-bond donors (Lipinski definition) is 2. The first kappa shape index (κ1) is 14.4. The maximum atomic E-state index is 11.6. The number of aromatic amines is 1. The van der Waals surface area contributed by atoms with Gasteiger partial charge in [-0.15, -0.1) is 0 Å². The second-order valence-electron chi connectivity index (χ2n) is 4.09. The van der Waals surface area contributed by atoms with Gasteiger partial charge in [0.05, 0.1) is 18.4 Å². The molecule has 3 N–H and O–H groups in total. The molecule has 18 heavy (non-hydrogen) atoms. The number of ether oxygens (including phenoxy) is 1. The number of hydrogen-bond acceptors (Lipinski definition) is 5. The van der Waals surface area contributed by atoms with Gasteiger partial charge in [0.15, 0.2) is 5.82 Å². The van der Waals surface area contributed by atoms with Crippen molar-refractivity contribution in [1.82, 2.24) is 9.97 Å². The van der Waals surface area contributed by atoms with Crippen LogP contribution in [0, 0.1) is 0 Å². The number of H-pyrrole nitrogens is 1. The lowest BCUT2D eigenvalue weighted by atomic mass is 10.2. The number of nitrogens with two attached hydrogens (primary N) is 1. The number of nitrogens with zero attached hydrogens (tertiary/aromatic N) is 2. The zero-order chi connectivity index (χ0) is 13.7. The van der Waals surface area contributed by atoms with E-state index in [0.29, 0.717) is 23.8 Å². The van der Waals surface area contributed by atoms with Crippen LogP contribution in [0.15, 0.2) is 11.1 Å². The van der Waals surface area contributed by atoms with Gasteiger partial charge in [0.2, 0.25) is 5.75 Å². The standard InChI is InChI=1S/C11H18N4O2S/c1-7(2)15(5-4-8(12)18)10-9(17-3)11(16)14-6-13-10/h6-7H,4-5H2,1-3H3,(H2,12,18)(H,13,14,16). The number of nitrogens with one attached hydrogen (secondary N) is 1. The summed E-state index contributed by atoms with van der Waals surface area (Å²) >= 11 is 4.87. The van der Waals surface area contributed by atoms with Gasteiger partial charge in [0, 0.05) is 19.0 Å². The summed E-state index contributed by atoms with van der Waals surface area (Å²) < 4.78 is 5.10. The molecule has 0 unspecified atom stereocenters. The minimum absolute atomic E-state index is 0.155. The van der Waals surface area contributed by atoms with E-state index in [1.165, 1.54) is 13.4 Å². The van der Waals surface area contributed by atoms with Crippen LogP contribution in [0.4, 0.5) is 5.82 Å². The van der Waals surface area contributed by atoms with E-state index in [1.54, 1.807) is 0 Å². The summed E-state index contributed by atoms with van der Waals surface area (Å²) in [5.41, 5.74) is 5.20. The molecule has 0 saturated carbocycles. The highest BCUT2D eigenvalue weighted by Gasteiger charge is 2.19. The molecule has 0 bridgehead atoms. The Bertz CT molecular complexity index is 472. The minimum atomic E-state index is -0.302. The molecule has 1 aromatic heterocycles. The van der Waals surface area contributed by atoms with Gasteiger partial charge < -0.3 is 20.4 Å². The zero-order valence-electron chi connectivity index (χ0n) is 10.8. The average Bonchev–Trinajstić information content (AvgIpc) is 2.28. The number of aromatic nitrogens is 2. The molecule has 0 spiro atoms. The molecular formula is C11H18N4O2S. The summed E-state index contributed by atoms with van der Waals surface area (Å²) in [6, 6.07) is 0.155. The molecular weight excluding hydrogens is 252 g/mol. The van der Waals surface area contributed by atoms with Gasteiger partial charge in [0.25, 0.3) is 5.56 Å². The molecule has 0 aliphatic heterocycles. The fourth-order valence-corrected chi connectivity index (χ4v) is 1.70. The van der Waals surface area contributed by atoms with E-state index in [-0.39, 0.29) is 17.4 Å². The van der Waals surface area contributed by atoms with Crippen LogP contribution in [-0.4, -0.2) is 34.7 Å². The summed E-state index contributed by atoms with van der Waals surface area (Å²) in [7, 11) is 1.45. The third-order valence-electron chi connectivity index (χ3n) is 2.49. The fourth-order valence-electron chi connectivity index (χ4n) is 1.61. The van der Waals surface area contributed by atoms with Crippen molar-refractivity contribution in [3.63, 3.8) is 0 Å². The predicted octanol–water partition coefficient (Wildman–Crippen LogP) is 0.669. The third kappa shape index (κ3) is 3.43. The highest BCUT2D eigenvalue weighted by atomic mass is 32.1. The Morgan fingerprint density at radius 1 is 1.67 bits per heavy atom.